The number of hydrogen-bond acceptors (Lipinski definition) is 1. The van der Waals surface area contributed by atoms with E-state index in [1.54, 1.807) is 12.2 Å². The van der Waals surface area contributed by atoms with Crippen molar-refractivity contribution < 1.29 is 4.39 Å². The minimum Gasteiger partial charge on any atom is -0.281 e. The van der Waals surface area contributed by atoms with Crippen molar-refractivity contribution in [1.29, 1.82) is 0 Å². The van der Waals surface area contributed by atoms with Crippen LogP contribution in [0.3, 0.4) is 0 Å². The van der Waals surface area contributed by atoms with Crippen molar-refractivity contribution in [3.8, 4) is 0 Å². The van der Waals surface area contributed by atoms with Crippen LogP contribution >= 0.6 is 0 Å². The Hall–Kier alpha value is -0.630. The lowest BCUT2D eigenvalue weighted by atomic mass is 10.1. The number of rotatable bonds is 3. The number of allylic oxidation sites excluding steroid dienone is 2. The summed E-state index contributed by atoms with van der Waals surface area (Å²) in [5, 5.41) is 2.79. The van der Waals surface area contributed by atoms with E-state index in [4.69, 9.17) is 0 Å². The lowest BCUT2D eigenvalue weighted by molar-refractivity contribution is 0.222. The first kappa shape index (κ1) is 8.47. The van der Waals surface area contributed by atoms with Crippen LogP contribution in [0.4, 0.5) is 4.39 Å². The molecule has 0 aliphatic heterocycles. The van der Waals surface area contributed by atoms with Gasteiger partial charge in [0.15, 0.2) is 5.79 Å². The van der Waals surface area contributed by atoms with Crippen LogP contribution in [0, 0.1) is 6.42 Å². The molecule has 1 aliphatic rings. The molecular formula is C9H13FN. The molecule has 1 N–H and O–H groups in total. The van der Waals surface area contributed by atoms with Gasteiger partial charge in [0.25, 0.3) is 0 Å². The molecule has 0 spiro atoms. The molecule has 0 saturated carbocycles. The predicted molar refractivity (Wildman–Crippen MR) is 44.7 cm³/mol. The summed E-state index contributed by atoms with van der Waals surface area (Å²) in [5.41, 5.74) is 0. The lowest BCUT2D eigenvalue weighted by Gasteiger charge is -2.22. The third-order valence-corrected chi connectivity index (χ3v) is 1.55. The summed E-state index contributed by atoms with van der Waals surface area (Å²) in [4.78, 5) is 0. The number of nitrogens with one attached hydrogen (secondary N) is 1. The molecule has 11 heavy (non-hydrogen) atoms. The van der Waals surface area contributed by atoms with Crippen molar-refractivity contribution in [2.45, 2.75) is 19.1 Å². The molecule has 2 heteroatoms. The maximum atomic E-state index is 13.5. The van der Waals surface area contributed by atoms with Crippen molar-refractivity contribution >= 4 is 0 Å². The second-order valence-electron chi connectivity index (χ2n) is 2.61. The smallest absolute Gasteiger partial charge is 0.187 e. The summed E-state index contributed by atoms with van der Waals surface area (Å²) >= 11 is 0. The third-order valence-electron chi connectivity index (χ3n) is 1.55. The quantitative estimate of drug-likeness (QED) is 0.613. The van der Waals surface area contributed by atoms with E-state index in [0.29, 0.717) is 6.54 Å². The summed E-state index contributed by atoms with van der Waals surface area (Å²) in [6, 6.07) is 0. The van der Waals surface area contributed by atoms with Gasteiger partial charge in [-0.2, -0.15) is 0 Å². The van der Waals surface area contributed by atoms with Gasteiger partial charge in [-0.15, -0.1) is 0 Å². The Labute approximate surface area is 67.0 Å². The van der Waals surface area contributed by atoms with E-state index in [2.05, 4.69) is 5.32 Å². The molecule has 0 fully saturated rings. The maximum absolute atomic E-state index is 13.5. The number of hydrogen-bond donors (Lipinski definition) is 1. The average molecular weight is 154 g/mol. The Morgan fingerprint density at radius 1 is 1.36 bits per heavy atom. The Balaban J connectivity index is 2.40. The van der Waals surface area contributed by atoms with Gasteiger partial charge >= 0.3 is 0 Å². The number of alkyl halides is 1. The molecule has 0 aromatic heterocycles. The summed E-state index contributed by atoms with van der Waals surface area (Å²) < 4.78 is 13.5. The molecule has 0 bridgehead atoms. The van der Waals surface area contributed by atoms with E-state index in [1.807, 2.05) is 13.0 Å². The van der Waals surface area contributed by atoms with Gasteiger partial charge in [-0.25, -0.2) is 4.39 Å². The SMILES string of the molecule is CCCNC1(F)[CH]C=CC=C1. The minimum absolute atomic E-state index is 0.700. The zero-order chi connectivity index (χ0) is 8.16. The molecule has 1 nitrogen and oxygen atoms in total. The Bertz CT molecular complexity index is 174. The molecule has 1 radical (unpaired) electrons. The van der Waals surface area contributed by atoms with Gasteiger partial charge in [-0.3, -0.25) is 5.32 Å². The van der Waals surface area contributed by atoms with E-state index >= 15 is 0 Å². The first-order valence-electron chi connectivity index (χ1n) is 3.91. The van der Waals surface area contributed by atoms with Crippen LogP contribution in [-0.2, 0) is 0 Å². The third kappa shape index (κ3) is 2.46. The summed E-state index contributed by atoms with van der Waals surface area (Å²) in [6.07, 6.45) is 9.21. The Kier molecular flexibility index (Phi) is 2.83. The maximum Gasteiger partial charge on any atom is 0.187 e. The van der Waals surface area contributed by atoms with E-state index in [1.165, 1.54) is 12.5 Å². The highest BCUT2D eigenvalue weighted by Gasteiger charge is 2.24. The van der Waals surface area contributed by atoms with Gasteiger partial charge in [0, 0.05) is 6.42 Å². The number of halogens is 1. The van der Waals surface area contributed by atoms with Crippen LogP contribution in [0.2, 0.25) is 0 Å². The van der Waals surface area contributed by atoms with Crippen molar-refractivity contribution in [3.05, 3.63) is 30.7 Å². The summed E-state index contributed by atoms with van der Waals surface area (Å²) in [7, 11) is 0. The van der Waals surface area contributed by atoms with E-state index in [-0.39, 0.29) is 0 Å². The normalized spacial score (nSPS) is 29.3. The van der Waals surface area contributed by atoms with Gasteiger partial charge in [0.2, 0.25) is 0 Å². The van der Waals surface area contributed by atoms with Crippen molar-refractivity contribution in [3.63, 3.8) is 0 Å². The molecule has 1 rings (SSSR count). The van der Waals surface area contributed by atoms with Gasteiger partial charge in [0.05, 0.1) is 0 Å². The molecular weight excluding hydrogens is 141 g/mol. The van der Waals surface area contributed by atoms with Gasteiger partial charge in [-0.1, -0.05) is 25.2 Å². The van der Waals surface area contributed by atoms with Crippen LogP contribution in [0.1, 0.15) is 13.3 Å². The summed E-state index contributed by atoms with van der Waals surface area (Å²) in [5.74, 6) is -1.41. The minimum atomic E-state index is -1.41. The zero-order valence-corrected chi connectivity index (χ0v) is 6.68. The van der Waals surface area contributed by atoms with E-state index in [9.17, 15) is 4.39 Å². The van der Waals surface area contributed by atoms with Crippen LogP contribution in [0.15, 0.2) is 24.3 Å². The topological polar surface area (TPSA) is 12.0 Å². The molecule has 0 heterocycles. The Morgan fingerprint density at radius 3 is 2.73 bits per heavy atom. The van der Waals surface area contributed by atoms with Crippen molar-refractivity contribution in [2.24, 2.45) is 0 Å². The monoisotopic (exact) mass is 154 g/mol. The molecule has 1 unspecified atom stereocenters. The fraction of sp³-hybridized carbons (Fsp3) is 0.444. The largest absolute Gasteiger partial charge is 0.281 e. The first-order valence-corrected chi connectivity index (χ1v) is 3.91. The molecule has 0 aromatic rings. The Morgan fingerprint density at radius 2 is 2.18 bits per heavy atom. The van der Waals surface area contributed by atoms with Gasteiger partial charge in [-0.05, 0) is 19.0 Å². The second-order valence-corrected chi connectivity index (χ2v) is 2.61. The lowest BCUT2D eigenvalue weighted by Crippen LogP contribution is -2.40. The highest BCUT2D eigenvalue weighted by Crippen LogP contribution is 2.17. The van der Waals surface area contributed by atoms with Crippen molar-refractivity contribution in [2.75, 3.05) is 6.54 Å². The average Bonchev–Trinajstić information content (AvgIpc) is 2.03. The standard InChI is InChI=1S/C9H13FN/c1-2-8-11-9(10)6-4-3-5-7-9/h3-7,11H,2,8H2,1H3. The summed E-state index contributed by atoms with van der Waals surface area (Å²) in [6.45, 7) is 2.71. The highest BCUT2D eigenvalue weighted by molar-refractivity contribution is 5.25. The highest BCUT2D eigenvalue weighted by atomic mass is 19.1. The predicted octanol–water partition coefficient (Wildman–Crippen LogP) is 1.98. The van der Waals surface area contributed by atoms with Crippen LogP contribution in [0.25, 0.3) is 0 Å². The second kappa shape index (κ2) is 3.67. The van der Waals surface area contributed by atoms with Crippen molar-refractivity contribution in [1.82, 2.24) is 5.32 Å². The van der Waals surface area contributed by atoms with Gasteiger partial charge < -0.3 is 0 Å². The molecule has 1 aliphatic carbocycles. The van der Waals surface area contributed by atoms with Gasteiger partial charge in [0.1, 0.15) is 0 Å². The zero-order valence-electron chi connectivity index (χ0n) is 6.68. The molecule has 1 atom stereocenters. The first-order chi connectivity index (χ1) is 5.27. The van der Waals surface area contributed by atoms with Crippen LogP contribution in [-0.4, -0.2) is 12.3 Å². The van der Waals surface area contributed by atoms with Crippen LogP contribution in [0.5, 0.6) is 0 Å². The van der Waals surface area contributed by atoms with E-state index in [0.717, 1.165) is 6.42 Å². The van der Waals surface area contributed by atoms with E-state index < -0.39 is 5.79 Å². The molecule has 61 valence electrons. The fourth-order valence-electron chi connectivity index (χ4n) is 0.945. The fourth-order valence-corrected chi connectivity index (χ4v) is 0.945. The van der Waals surface area contributed by atoms with Crippen LogP contribution < -0.4 is 5.32 Å². The molecule has 0 saturated heterocycles. The molecule has 0 aromatic carbocycles. The molecule has 0 amide bonds.